The van der Waals surface area contributed by atoms with Crippen LogP contribution < -0.4 is 14.8 Å². The molecule has 8 heteroatoms. The molecule has 1 N–H and O–H groups in total. The Morgan fingerprint density at radius 3 is 2.47 bits per heavy atom. The molecule has 0 saturated carbocycles. The van der Waals surface area contributed by atoms with Gasteiger partial charge in [0.1, 0.15) is 18.1 Å². The molecule has 3 aromatic carbocycles. The minimum absolute atomic E-state index is 0.251. The van der Waals surface area contributed by atoms with Crippen molar-refractivity contribution in [1.82, 2.24) is 9.78 Å². The lowest BCUT2D eigenvalue weighted by Crippen LogP contribution is -2.10. The largest absolute Gasteiger partial charge is 0.496 e. The van der Waals surface area contributed by atoms with Crippen LogP contribution >= 0.6 is 23.2 Å². The van der Waals surface area contributed by atoms with E-state index in [1.165, 1.54) is 11.6 Å². The van der Waals surface area contributed by atoms with E-state index in [0.717, 1.165) is 39.6 Å². The summed E-state index contributed by atoms with van der Waals surface area (Å²) in [4.78, 5) is 12.8. The molecular formula is C30H29Cl2N3O3. The van der Waals surface area contributed by atoms with Gasteiger partial charge in [0, 0.05) is 11.6 Å². The van der Waals surface area contributed by atoms with Crippen LogP contribution in [0.1, 0.15) is 33.6 Å². The molecule has 0 fully saturated rings. The smallest absolute Gasteiger partial charge is 0.248 e. The van der Waals surface area contributed by atoms with Gasteiger partial charge in [0.15, 0.2) is 0 Å². The minimum Gasteiger partial charge on any atom is -0.496 e. The fourth-order valence-electron chi connectivity index (χ4n) is 3.99. The number of methoxy groups -OCH3 is 1. The highest BCUT2D eigenvalue weighted by Crippen LogP contribution is 2.26. The summed E-state index contributed by atoms with van der Waals surface area (Å²) in [6.07, 6.45) is 3.26. The fourth-order valence-corrected chi connectivity index (χ4v) is 4.31. The van der Waals surface area contributed by atoms with Crippen LogP contribution in [-0.2, 0) is 17.9 Å². The predicted molar refractivity (Wildman–Crippen MR) is 153 cm³/mol. The number of benzene rings is 3. The van der Waals surface area contributed by atoms with Gasteiger partial charge in [-0.1, -0.05) is 53.0 Å². The molecule has 38 heavy (non-hydrogen) atoms. The number of amides is 1. The first kappa shape index (κ1) is 27.3. The van der Waals surface area contributed by atoms with Gasteiger partial charge in [-0.2, -0.15) is 5.10 Å². The number of aryl methyl sites for hydroxylation is 2. The quantitative estimate of drug-likeness (QED) is 0.221. The van der Waals surface area contributed by atoms with Gasteiger partial charge in [0.2, 0.25) is 5.91 Å². The molecule has 196 valence electrons. The number of hydrogen-bond acceptors (Lipinski definition) is 4. The summed E-state index contributed by atoms with van der Waals surface area (Å²) >= 11 is 12.2. The van der Waals surface area contributed by atoms with E-state index in [2.05, 4.69) is 10.4 Å². The van der Waals surface area contributed by atoms with Crippen LogP contribution in [-0.4, -0.2) is 22.8 Å². The van der Waals surface area contributed by atoms with Gasteiger partial charge >= 0.3 is 0 Å². The second kappa shape index (κ2) is 12.2. The second-order valence-electron chi connectivity index (χ2n) is 8.95. The third kappa shape index (κ3) is 6.77. The average Bonchev–Trinajstić information content (AvgIpc) is 3.16. The number of nitrogens with one attached hydrogen (secondary N) is 1. The van der Waals surface area contributed by atoms with E-state index in [-0.39, 0.29) is 5.91 Å². The maximum atomic E-state index is 12.8. The predicted octanol–water partition coefficient (Wildman–Crippen LogP) is 7.40. The van der Waals surface area contributed by atoms with Gasteiger partial charge in [-0.05, 0) is 74.4 Å². The zero-order chi connectivity index (χ0) is 27.2. The van der Waals surface area contributed by atoms with Gasteiger partial charge in [-0.15, -0.1) is 0 Å². The summed E-state index contributed by atoms with van der Waals surface area (Å²) in [6, 6.07) is 19.1. The molecule has 0 saturated heterocycles. The Bertz CT molecular complexity index is 1480. The Morgan fingerprint density at radius 1 is 1.00 bits per heavy atom. The summed E-state index contributed by atoms with van der Waals surface area (Å²) in [5.74, 6) is 1.25. The van der Waals surface area contributed by atoms with Gasteiger partial charge < -0.3 is 14.8 Å². The van der Waals surface area contributed by atoms with Crippen LogP contribution in [0.4, 0.5) is 5.69 Å². The number of ether oxygens (including phenoxy) is 2. The lowest BCUT2D eigenvalue weighted by molar-refractivity contribution is -0.111. The van der Waals surface area contributed by atoms with Gasteiger partial charge in [-0.3, -0.25) is 9.48 Å². The topological polar surface area (TPSA) is 65.4 Å². The first-order chi connectivity index (χ1) is 18.2. The Kier molecular flexibility index (Phi) is 8.77. The van der Waals surface area contributed by atoms with E-state index < -0.39 is 0 Å². The molecule has 6 nitrogen and oxygen atoms in total. The third-order valence-electron chi connectivity index (χ3n) is 6.09. The van der Waals surface area contributed by atoms with Crippen LogP contribution in [0.2, 0.25) is 10.0 Å². The number of rotatable bonds is 9. The van der Waals surface area contributed by atoms with Crippen LogP contribution in [0.3, 0.4) is 0 Å². The maximum Gasteiger partial charge on any atom is 0.248 e. The molecule has 0 bridgehead atoms. The van der Waals surface area contributed by atoms with E-state index in [1.54, 1.807) is 19.3 Å². The summed E-state index contributed by atoms with van der Waals surface area (Å²) in [5.41, 5.74) is 6.12. The van der Waals surface area contributed by atoms with Crippen molar-refractivity contribution >= 4 is 40.9 Å². The molecule has 0 aliphatic carbocycles. The van der Waals surface area contributed by atoms with Crippen LogP contribution in [0.5, 0.6) is 11.5 Å². The molecule has 0 spiro atoms. The number of carbonyl (C=O) groups is 1. The molecule has 0 aliphatic heterocycles. The normalized spacial score (nSPS) is 11.1. The molecule has 0 radical (unpaired) electrons. The first-order valence-corrected chi connectivity index (χ1v) is 12.8. The standard InChI is InChI=1S/C30H29Cl2N3O3/c1-19-5-10-25(11-6-19)38-18-24-15-22(8-13-28(24)37-4)9-14-29(36)33-30-20(2)34-35(21(30)3)17-23-7-12-26(31)27(32)16-23/h5-16H,17-18H2,1-4H3,(H,33,36)/b14-9+. The summed E-state index contributed by atoms with van der Waals surface area (Å²) in [5, 5.41) is 8.54. The zero-order valence-electron chi connectivity index (χ0n) is 21.7. The molecule has 0 atom stereocenters. The minimum atomic E-state index is -0.251. The fraction of sp³-hybridized carbons (Fsp3) is 0.200. The van der Waals surface area contributed by atoms with Crippen molar-refractivity contribution in [3.05, 3.63) is 110 Å². The maximum absolute atomic E-state index is 12.8. The van der Waals surface area contributed by atoms with Crippen molar-refractivity contribution in [3.8, 4) is 11.5 Å². The Balaban J connectivity index is 1.43. The lowest BCUT2D eigenvalue weighted by Gasteiger charge is -2.11. The molecular weight excluding hydrogens is 521 g/mol. The highest BCUT2D eigenvalue weighted by atomic mass is 35.5. The van der Waals surface area contributed by atoms with Crippen molar-refractivity contribution in [1.29, 1.82) is 0 Å². The Morgan fingerprint density at radius 2 is 1.76 bits per heavy atom. The molecule has 1 aromatic heterocycles. The van der Waals surface area contributed by atoms with Crippen LogP contribution in [0.25, 0.3) is 6.08 Å². The molecule has 1 heterocycles. The number of nitrogens with zero attached hydrogens (tertiary/aromatic N) is 2. The van der Waals surface area contributed by atoms with Crippen molar-refractivity contribution in [2.24, 2.45) is 0 Å². The van der Waals surface area contributed by atoms with Crippen molar-refractivity contribution < 1.29 is 14.3 Å². The van der Waals surface area contributed by atoms with E-state index in [1.807, 2.05) is 80.1 Å². The zero-order valence-corrected chi connectivity index (χ0v) is 23.2. The van der Waals surface area contributed by atoms with E-state index in [0.29, 0.717) is 28.9 Å². The highest BCUT2D eigenvalue weighted by Gasteiger charge is 2.14. The van der Waals surface area contributed by atoms with Gasteiger partial charge in [-0.25, -0.2) is 0 Å². The summed E-state index contributed by atoms with van der Waals surface area (Å²) in [6.45, 7) is 6.67. The highest BCUT2D eigenvalue weighted by molar-refractivity contribution is 6.42. The Hall–Kier alpha value is -3.74. The number of hydrogen-bond donors (Lipinski definition) is 1. The van der Waals surface area contributed by atoms with Gasteiger partial charge in [0.25, 0.3) is 0 Å². The van der Waals surface area contributed by atoms with Crippen LogP contribution in [0, 0.1) is 20.8 Å². The average molecular weight is 550 g/mol. The number of aromatic nitrogens is 2. The molecule has 4 rings (SSSR count). The first-order valence-electron chi connectivity index (χ1n) is 12.1. The van der Waals surface area contributed by atoms with Crippen molar-refractivity contribution in [3.63, 3.8) is 0 Å². The van der Waals surface area contributed by atoms with E-state index in [9.17, 15) is 4.79 Å². The lowest BCUT2D eigenvalue weighted by atomic mass is 10.1. The third-order valence-corrected chi connectivity index (χ3v) is 6.83. The van der Waals surface area contributed by atoms with Gasteiger partial charge in [0.05, 0.1) is 40.8 Å². The Labute approximate surface area is 232 Å². The summed E-state index contributed by atoms with van der Waals surface area (Å²) in [7, 11) is 1.63. The van der Waals surface area contributed by atoms with Crippen LogP contribution in [0.15, 0.2) is 66.7 Å². The van der Waals surface area contributed by atoms with E-state index >= 15 is 0 Å². The SMILES string of the molecule is COc1ccc(/C=C/C(=O)Nc2c(C)nn(Cc3ccc(Cl)c(Cl)c3)c2C)cc1COc1ccc(C)cc1. The number of anilines is 1. The summed E-state index contributed by atoms with van der Waals surface area (Å²) < 4.78 is 13.2. The molecule has 4 aromatic rings. The molecule has 0 aliphatic rings. The van der Waals surface area contributed by atoms with E-state index in [4.69, 9.17) is 32.7 Å². The number of halogens is 2. The van der Waals surface area contributed by atoms with Crippen molar-refractivity contribution in [2.45, 2.75) is 33.9 Å². The van der Waals surface area contributed by atoms with Crippen molar-refractivity contribution in [2.75, 3.05) is 12.4 Å². The molecule has 1 amide bonds. The monoisotopic (exact) mass is 549 g/mol. The number of carbonyl (C=O) groups excluding carboxylic acids is 1. The second-order valence-corrected chi connectivity index (χ2v) is 9.76. The molecule has 0 unspecified atom stereocenters.